The van der Waals surface area contributed by atoms with E-state index < -0.39 is 0 Å². The van der Waals surface area contributed by atoms with Gasteiger partial charge in [-0.1, -0.05) is 30.3 Å². The highest BCUT2D eigenvalue weighted by atomic mass is 15.2. The second kappa shape index (κ2) is 5.85. The van der Waals surface area contributed by atoms with Gasteiger partial charge in [0.15, 0.2) is 0 Å². The lowest BCUT2D eigenvalue weighted by Crippen LogP contribution is -2.33. The summed E-state index contributed by atoms with van der Waals surface area (Å²) in [5.74, 6) is 1.10. The Bertz CT molecular complexity index is 356. The Hall–Kier alpha value is -1.31. The van der Waals surface area contributed by atoms with Gasteiger partial charge in [-0.05, 0) is 34.6 Å². The van der Waals surface area contributed by atoms with Crippen molar-refractivity contribution >= 4 is 5.84 Å². The van der Waals surface area contributed by atoms with Crippen molar-refractivity contribution in [2.24, 2.45) is 4.99 Å². The fraction of sp³-hybridized carbons (Fsp3) is 0.533. The van der Waals surface area contributed by atoms with E-state index in [0.717, 1.165) is 18.9 Å². The molecular formula is C15H24N2. The van der Waals surface area contributed by atoms with Crippen molar-refractivity contribution in [3.63, 3.8) is 0 Å². The smallest absolute Gasteiger partial charge is 0.131 e. The molecule has 0 unspecified atom stereocenters. The number of amidine groups is 1. The number of benzene rings is 1. The zero-order chi connectivity index (χ0) is 12.9. The molecule has 1 rings (SSSR count). The normalized spacial score (nSPS) is 12.6. The van der Waals surface area contributed by atoms with Crippen LogP contribution in [0.1, 0.15) is 40.2 Å². The summed E-state index contributed by atoms with van der Waals surface area (Å²) in [6.45, 7) is 12.7. The van der Waals surface area contributed by atoms with Gasteiger partial charge in [0.05, 0.1) is 5.54 Å². The first-order valence-corrected chi connectivity index (χ1v) is 6.38. The Balaban J connectivity index is 3.16. The minimum absolute atomic E-state index is 0.0479. The highest BCUT2D eigenvalue weighted by molar-refractivity contribution is 5.99. The molecule has 0 spiro atoms. The molecule has 0 amide bonds. The van der Waals surface area contributed by atoms with E-state index in [9.17, 15) is 0 Å². The highest BCUT2D eigenvalue weighted by Gasteiger charge is 2.15. The van der Waals surface area contributed by atoms with E-state index >= 15 is 0 Å². The van der Waals surface area contributed by atoms with Gasteiger partial charge in [-0.25, -0.2) is 0 Å². The molecule has 2 nitrogen and oxygen atoms in total. The average Bonchev–Trinajstić information content (AvgIpc) is 2.29. The molecule has 94 valence electrons. The Morgan fingerprint density at radius 2 is 1.59 bits per heavy atom. The summed E-state index contributed by atoms with van der Waals surface area (Å²) in [7, 11) is 0. The zero-order valence-corrected chi connectivity index (χ0v) is 11.7. The van der Waals surface area contributed by atoms with Crippen LogP contribution in [0, 0.1) is 0 Å². The van der Waals surface area contributed by atoms with Crippen LogP contribution in [-0.2, 0) is 0 Å². The molecule has 1 aromatic carbocycles. The predicted octanol–water partition coefficient (Wildman–Crippen LogP) is 3.57. The summed E-state index contributed by atoms with van der Waals surface area (Å²) in [4.78, 5) is 7.17. The van der Waals surface area contributed by atoms with Crippen LogP contribution in [0.4, 0.5) is 0 Å². The quantitative estimate of drug-likeness (QED) is 0.574. The molecular weight excluding hydrogens is 208 g/mol. The monoisotopic (exact) mass is 232 g/mol. The molecule has 0 bridgehead atoms. The zero-order valence-electron chi connectivity index (χ0n) is 11.7. The van der Waals surface area contributed by atoms with Gasteiger partial charge in [-0.15, -0.1) is 0 Å². The van der Waals surface area contributed by atoms with Gasteiger partial charge >= 0.3 is 0 Å². The molecule has 0 aliphatic carbocycles. The molecule has 17 heavy (non-hydrogen) atoms. The van der Waals surface area contributed by atoms with Crippen LogP contribution in [0.15, 0.2) is 35.3 Å². The maximum atomic E-state index is 4.86. The Kier molecular flexibility index (Phi) is 4.73. The predicted molar refractivity (Wildman–Crippen MR) is 75.7 cm³/mol. The molecule has 0 aromatic heterocycles. The van der Waals surface area contributed by atoms with Crippen LogP contribution in [-0.4, -0.2) is 29.4 Å². The Labute approximate surface area is 105 Å². The number of aliphatic imine (C=N–C) groups is 1. The fourth-order valence-electron chi connectivity index (χ4n) is 1.75. The highest BCUT2D eigenvalue weighted by Crippen LogP contribution is 2.13. The third-order valence-corrected chi connectivity index (χ3v) is 2.54. The summed E-state index contributed by atoms with van der Waals surface area (Å²) in [5.41, 5.74) is 1.15. The van der Waals surface area contributed by atoms with E-state index in [1.807, 2.05) is 6.07 Å². The number of hydrogen-bond donors (Lipinski definition) is 0. The van der Waals surface area contributed by atoms with Gasteiger partial charge in [0, 0.05) is 18.7 Å². The molecule has 0 fully saturated rings. The van der Waals surface area contributed by atoms with Crippen molar-refractivity contribution in [1.82, 2.24) is 4.90 Å². The van der Waals surface area contributed by atoms with Crippen molar-refractivity contribution < 1.29 is 0 Å². The first kappa shape index (κ1) is 13.8. The molecule has 2 heteroatoms. The third kappa shape index (κ3) is 4.22. The SMILES string of the molecule is CCN(CC)/C(=N/C(C)(C)C)c1ccccc1. The standard InChI is InChI=1S/C15H24N2/c1-6-17(7-2)14(16-15(3,4)5)13-11-9-8-10-12-13/h8-12H,6-7H2,1-5H3/b16-14+. The fourth-order valence-corrected chi connectivity index (χ4v) is 1.75. The number of hydrogen-bond acceptors (Lipinski definition) is 1. The summed E-state index contributed by atoms with van der Waals surface area (Å²) in [6, 6.07) is 10.4. The van der Waals surface area contributed by atoms with E-state index in [1.54, 1.807) is 0 Å². The first-order valence-electron chi connectivity index (χ1n) is 6.38. The second-order valence-electron chi connectivity index (χ2n) is 5.14. The van der Waals surface area contributed by atoms with Crippen molar-refractivity contribution in [3.05, 3.63) is 35.9 Å². The third-order valence-electron chi connectivity index (χ3n) is 2.54. The minimum Gasteiger partial charge on any atom is -0.357 e. The second-order valence-corrected chi connectivity index (χ2v) is 5.14. The van der Waals surface area contributed by atoms with E-state index in [2.05, 4.69) is 63.8 Å². The summed E-state index contributed by atoms with van der Waals surface area (Å²) >= 11 is 0. The van der Waals surface area contributed by atoms with E-state index in [1.165, 1.54) is 5.56 Å². The summed E-state index contributed by atoms with van der Waals surface area (Å²) in [5, 5.41) is 0. The molecule has 0 saturated heterocycles. The van der Waals surface area contributed by atoms with Crippen molar-refractivity contribution in [2.75, 3.05) is 13.1 Å². The van der Waals surface area contributed by atoms with Crippen LogP contribution in [0.5, 0.6) is 0 Å². The lowest BCUT2D eigenvalue weighted by Gasteiger charge is -2.26. The van der Waals surface area contributed by atoms with Crippen molar-refractivity contribution in [2.45, 2.75) is 40.2 Å². The van der Waals surface area contributed by atoms with Gasteiger partial charge in [-0.2, -0.15) is 0 Å². The van der Waals surface area contributed by atoms with Crippen molar-refractivity contribution in [1.29, 1.82) is 0 Å². The van der Waals surface area contributed by atoms with Gasteiger partial charge in [0.2, 0.25) is 0 Å². The maximum Gasteiger partial charge on any atom is 0.131 e. The summed E-state index contributed by atoms with van der Waals surface area (Å²) < 4.78 is 0. The average molecular weight is 232 g/mol. The molecule has 0 aliphatic heterocycles. The van der Waals surface area contributed by atoms with Gasteiger partial charge in [0.25, 0.3) is 0 Å². The number of nitrogens with zero attached hydrogens (tertiary/aromatic N) is 2. The van der Waals surface area contributed by atoms with Crippen LogP contribution in [0.3, 0.4) is 0 Å². The van der Waals surface area contributed by atoms with E-state index in [4.69, 9.17) is 4.99 Å². The molecule has 0 radical (unpaired) electrons. The van der Waals surface area contributed by atoms with E-state index in [0.29, 0.717) is 0 Å². The van der Waals surface area contributed by atoms with Gasteiger partial charge < -0.3 is 4.90 Å². The maximum absolute atomic E-state index is 4.86. The van der Waals surface area contributed by atoms with Crippen LogP contribution < -0.4 is 0 Å². The summed E-state index contributed by atoms with van der Waals surface area (Å²) in [6.07, 6.45) is 0. The van der Waals surface area contributed by atoms with Gasteiger partial charge in [-0.3, -0.25) is 4.99 Å². The van der Waals surface area contributed by atoms with E-state index in [-0.39, 0.29) is 5.54 Å². The lowest BCUT2D eigenvalue weighted by molar-refractivity contribution is 0.452. The largest absolute Gasteiger partial charge is 0.357 e. The molecule has 1 aromatic rings. The topological polar surface area (TPSA) is 15.6 Å². The van der Waals surface area contributed by atoms with Crippen LogP contribution >= 0.6 is 0 Å². The van der Waals surface area contributed by atoms with Gasteiger partial charge in [0.1, 0.15) is 5.84 Å². The molecule has 0 aliphatic rings. The molecule has 0 atom stereocenters. The molecule has 0 heterocycles. The Morgan fingerprint density at radius 1 is 1.06 bits per heavy atom. The van der Waals surface area contributed by atoms with Crippen LogP contribution in [0.2, 0.25) is 0 Å². The van der Waals surface area contributed by atoms with Crippen LogP contribution in [0.25, 0.3) is 0 Å². The Morgan fingerprint density at radius 3 is 2.00 bits per heavy atom. The molecule has 0 N–H and O–H groups in total. The number of rotatable bonds is 3. The van der Waals surface area contributed by atoms with Crippen molar-refractivity contribution in [3.8, 4) is 0 Å². The lowest BCUT2D eigenvalue weighted by atomic mass is 10.1. The minimum atomic E-state index is -0.0479. The first-order chi connectivity index (χ1) is 7.98. The molecule has 0 saturated carbocycles.